The van der Waals surface area contributed by atoms with Crippen molar-refractivity contribution < 1.29 is 13.9 Å². The third-order valence-corrected chi connectivity index (χ3v) is 3.31. The van der Waals surface area contributed by atoms with Crippen molar-refractivity contribution in [2.45, 2.75) is 6.04 Å². The lowest BCUT2D eigenvalue weighted by Crippen LogP contribution is -2.16. The van der Waals surface area contributed by atoms with Gasteiger partial charge < -0.3 is 15.2 Å². The standard InChI is InChI=1S/C15H15ClFNO2/c1-19-12-4-3-5-13(20-2)14(12)15(18)10-7-6-9(16)8-11(10)17/h3-8,15H,18H2,1-2H3. The van der Waals surface area contributed by atoms with Crippen LogP contribution in [0.1, 0.15) is 17.2 Å². The Kier molecular flexibility index (Phi) is 4.47. The SMILES string of the molecule is COc1cccc(OC)c1C(N)c1ccc(Cl)cc1F. The third-order valence-electron chi connectivity index (χ3n) is 3.07. The summed E-state index contributed by atoms with van der Waals surface area (Å²) >= 11 is 5.75. The molecule has 0 bridgehead atoms. The van der Waals surface area contributed by atoms with E-state index >= 15 is 0 Å². The van der Waals surface area contributed by atoms with Gasteiger partial charge in [-0.3, -0.25) is 0 Å². The molecule has 3 nitrogen and oxygen atoms in total. The van der Waals surface area contributed by atoms with Crippen LogP contribution in [0, 0.1) is 5.82 Å². The van der Waals surface area contributed by atoms with Crippen molar-refractivity contribution in [3.05, 3.63) is 58.4 Å². The predicted molar refractivity (Wildman–Crippen MR) is 77.0 cm³/mol. The molecule has 0 radical (unpaired) electrons. The number of nitrogens with two attached hydrogens (primary N) is 1. The van der Waals surface area contributed by atoms with E-state index in [1.165, 1.54) is 20.3 Å². The summed E-state index contributed by atoms with van der Waals surface area (Å²) in [6.07, 6.45) is 0. The predicted octanol–water partition coefficient (Wildman–Crippen LogP) is 3.54. The minimum absolute atomic E-state index is 0.324. The minimum atomic E-state index is -0.710. The molecule has 20 heavy (non-hydrogen) atoms. The topological polar surface area (TPSA) is 44.5 Å². The zero-order valence-corrected chi connectivity index (χ0v) is 11.9. The van der Waals surface area contributed by atoms with Crippen LogP contribution in [0.15, 0.2) is 36.4 Å². The Morgan fingerprint density at radius 1 is 1.10 bits per heavy atom. The summed E-state index contributed by atoms with van der Waals surface area (Å²) in [4.78, 5) is 0. The molecule has 2 aromatic rings. The van der Waals surface area contributed by atoms with Crippen molar-refractivity contribution in [2.75, 3.05) is 14.2 Å². The fourth-order valence-corrected chi connectivity index (χ4v) is 2.25. The van der Waals surface area contributed by atoms with Gasteiger partial charge in [-0.15, -0.1) is 0 Å². The van der Waals surface area contributed by atoms with Crippen molar-refractivity contribution in [1.82, 2.24) is 0 Å². The van der Waals surface area contributed by atoms with E-state index in [4.69, 9.17) is 26.8 Å². The second kappa shape index (κ2) is 6.11. The van der Waals surface area contributed by atoms with E-state index in [2.05, 4.69) is 0 Å². The molecule has 0 saturated heterocycles. The molecule has 2 N–H and O–H groups in total. The summed E-state index contributed by atoms with van der Waals surface area (Å²) in [5.74, 6) is 0.635. The smallest absolute Gasteiger partial charge is 0.129 e. The molecule has 0 fully saturated rings. The van der Waals surface area contributed by atoms with Gasteiger partial charge in [-0.1, -0.05) is 23.7 Å². The summed E-state index contributed by atoms with van der Waals surface area (Å²) in [6, 6.07) is 8.98. The first kappa shape index (κ1) is 14.6. The molecule has 0 aliphatic carbocycles. The zero-order valence-electron chi connectivity index (χ0n) is 11.2. The number of halogens is 2. The molecule has 0 saturated carbocycles. The molecule has 0 amide bonds. The van der Waals surface area contributed by atoms with Gasteiger partial charge >= 0.3 is 0 Å². The Bertz CT molecular complexity index is 597. The molecule has 0 spiro atoms. The highest BCUT2D eigenvalue weighted by atomic mass is 35.5. The average Bonchev–Trinajstić information content (AvgIpc) is 2.45. The number of benzene rings is 2. The summed E-state index contributed by atoms with van der Waals surface area (Å²) in [7, 11) is 3.06. The van der Waals surface area contributed by atoms with E-state index in [1.807, 2.05) is 0 Å². The maximum absolute atomic E-state index is 14.0. The van der Waals surface area contributed by atoms with Crippen LogP contribution >= 0.6 is 11.6 Å². The summed E-state index contributed by atoms with van der Waals surface area (Å²) in [5.41, 5.74) is 7.10. The Balaban J connectivity index is 2.55. The van der Waals surface area contributed by atoms with Gasteiger partial charge in [0.25, 0.3) is 0 Å². The lowest BCUT2D eigenvalue weighted by atomic mass is 9.97. The van der Waals surface area contributed by atoms with Crippen LogP contribution in [0.3, 0.4) is 0 Å². The van der Waals surface area contributed by atoms with E-state index in [0.29, 0.717) is 27.6 Å². The van der Waals surface area contributed by atoms with Crippen molar-refractivity contribution in [1.29, 1.82) is 0 Å². The fourth-order valence-electron chi connectivity index (χ4n) is 2.10. The first-order chi connectivity index (χ1) is 9.58. The van der Waals surface area contributed by atoms with Crippen LogP contribution in [-0.4, -0.2) is 14.2 Å². The molecule has 0 heterocycles. The molecule has 106 valence electrons. The quantitative estimate of drug-likeness (QED) is 0.938. The molecule has 1 atom stereocenters. The van der Waals surface area contributed by atoms with Crippen LogP contribution in [0.25, 0.3) is 0 Å². The van der Waals surface area contributed by atoms with E-state index in [-0.39, 0.29) is 0 Å². The van der Waals surface area contributed by atoms with Crippen LogP contribution < -0.4 is 15.2 Å². The Morgan fingerprint density at radius 2 is 1.70 bits per heavy atom. The van der Waals surface area contributed by atoms with Crippen molar-refractivity contribution >= 4 is 11.6 Å². The van der Waals surface area contributed by atoms with Crippen LogP contribution in [0.2, 0.25) is 5.02 Å². The van der Waals surface area contributed by atoms with Gasteiger partial charge in [0, 0.05) is 10.6 Å². The average molecular weight is 296 g/mol. The molecule has 0 aromatic heterocycles. The van der Waals surface area contributed by atoms with Gasteiger partial charge in [-0.2, -0.15) is 0 Å². The highest BCUT2D eigenvalue weighted by Crippen LogP contribution is 2.37. The molecular weight excluding hydrogens is 281 g/mol. The van der Waals surface area contributed by atoms with Crippen molar-refractivity contribution in [3.8, 4) is 11.5 Å². The van der Waals surface area contributed by atoms with E-state index in [9.17, 15) is 4.39 Å². The molecule has 0 aliphatic heterocycles. The number of hydrogen-bond acceptors (Lipinski definition) is 3. The second-order valence-electron chi connectivity index (χ2n) is 4.22. The first-order valence-corrected chi connectivity index (χ1v) is 6.37. The third kappa shape index (κ3) is 2.71. The van der Waals surface area contributed by atoms with Crippen LogP contribution in [-0.2, 0) is 0 Å². The zero-order chi connectivity index (χ0) is 14.7. The highest BCUT2D eigenvalue weighted by Gasteiger charge is 2.21. The Labute approximate surface area is 122 Å². The molecule has 2 rings (SSSR count). The van der Waals surface area contributed by atoms with Crippen molar-refractivity contribution in [2.24, 2.45) is 5.73 Å². The number of hydrogen-bond donors (Lipinski definition) is 1. The molecular formula is C15H15ClFNO2. The maximum Gasteiger partial charge on any atom is 0.129 e. The van der Waals surface area contributed by atoms with Crippen molar-refractivity contribution in [3.63, 3.8) is 0 Å². The normalized spacial score (nSPS) is 12.1. The largest absolute Gasteiger partial charge is 0.496 e. The number of methoxy groups -OCH3 is 2. The highest BCUT2D eigenvalue weighted by molar-refractivity contribution is 6.30. The lowest BCUT2D eigenvalue weighted by Gasteiger charge is -2.19. The van der Waals surface area contributed by atoms with Gasteiger partial charge in [0.1, 0.15) is 17.3 Å². The molecule has 2 aromatic carbocycles. The van der Waals surface area contributed by atoms with Gasteiger partial charge in [-0.05, 0) is 24.3 Å². The first-order valence-electron chi connectivity index (χ1n) is 6.00. The lowest BCUT2D eigenvalue weighted by molar-refractivity contribution is 0.381. The fraction of sp³-hybridized carbons (Fsp3) is 0.200. The van der Waals surface area contributed by atoms with Crippen LogP contribution in [0.4, 0.5) is 4.39 Å². The van der Waals surface area contributed by atoms with E-state index in [0.717, 1.165) is 0 Å². The Morgan fingerprint density at radius 3 is 2.20 bits per heavy atom. The van der Waals surface area contributed by atoms with E-state index in [1.54, 1.807) is 30.3 Å². The maximum atomic E-state index is 14.0. The molecule has 5 heteroatoms. The monoisotopic (exact) mass is 295 g/mol. The van der Waals surface area contributed by atoms with Gasteiger partial charge in [0.05, 0.1) is 25.8 Å². The molecule has 0 aliphatic rings. The van der Waals surface area contributed by atoms with E-state index < -0.39 is 11.9 Å². The summed E-state index contributed by atoms with van der Waals surface area (Å²) in [6.45, 7) is 0. The molecule has 1 unspecified atom stereocenters. The number of rotatable bonds is 4. The number of ether oxygens (including phenoxy) is 2. The van der Waals surface area contributed by atoms with Gasteiger partial charge in [-0.25, -0.2) is 4.39 Å². The van der Waals surface area contributed by atoms with Crippen LogP contribution in [0.5, 0.6) is 11.5 Å². The van der Waals surface area contributed by atoms with Gasteiger partial charge in [0.2, 0.25) is 0 Å². The minimum Gasteiger partial charge on any atom is -0.496 e. The summed E-state index contributed by atoms with van der Waals surface area (Å²) in [5, 5.41) is 0.324. The second-order valence-corrected chi connectivity index (χ2v) is 4.66. The Hall–Kier alpha value is -1.78. The van der Waals surface area contributed by atoms with Gasteiger partial charge in [0.15, 0.2) is 0 Å². The summed E-state index contributed by atoms with van der Waals surface area (Å²) < 4.78 is 24.6.